The van der Waals surface area contributed by atoms with Crippen molar-refractivity contribution in [3.05, 3.63) is 41.9 Å². The fraction of sp³-hybridized carbons (Fsp3) is 0.357. The van der Waals surface area contributed by atoms with Crippen LogP contribution in [0.25, 0.3) is 10.9 Å². The molecule has 2 aromatic heterocycles. The Bertz CT molecular complexity index is 728. The standard InChI is InChI=1S/C14H17N5O/c1-3-19-14-7-5-4-6-11(14)13(16-19)9-18-8-12(10(2)20)15-17-18/h4-8,10,20H,3,9H2,1-2H3. The van der Waals surface area contributed by atoms with Gasteiger partial charge in [-0.25, -0.2) is 4.68 Å². The molecular formula is C14H17N5O. The van der Waals surface area contributed by atoms with Gasteiger partial charge in [-0.2, -0.15) is 5.10 Å². The van der Waals surface area contributed by atoms with E-state index in [1.54, 1.807) is 17.8 Å². The molecule has 0 radical (unpaired) electrons. The molecule has 1 atom stereocenters. The summed E-state index contributed by atoms with van der Waals surface area (Å²) in [5, 5.41) is 23.2. The Kier molecular flexibility index (Phi) is 3.23. The predicted octanol–water partition coefficient (Wildman–Crippen LogP) is 1.75. The first-order chi connectivity index (χ1) is 9.69. The molecule has 0 bridgehead atoms. The minimum atomic E-state index is -0.603. The van der Waals surface area contributed by atoms with Crippen LogP contribution in [0.2, 0.25) is 0 Å². The van der Waals surface area contributed by atoms with E-state index in [0.717, 1.165) is 23.1 Å². The quantitative estimate of drug-likeness (QED) is 0.785. The second kappa shape index (κ2) is 5.05. The zero-order valence-electron chi connectivity index (χ0n) is 11.6. The van der Waals surface area contributed by atoms with Crippen molar-refractivity contribution in [2.45, 2.75) is 33.0 Å². The molecule has 0 saturated carbocycles. The van der Waals surface area contributed by atoms with Crippen molar-refractivity contribution in [3.8, 4) is 0 Å². The molecule has 6 heteroatoms. The minimum absolute atomic E-state index is 0.549. The number of hydrogen-bond acceptors (Lipinski definition) is 4. The van der Waals surface area contributed by atoms with Gasteiger partial charge >= 0.3 is 0 Å². The minimum Gasteiger partial charge on any atom is -0.387 e. The van der Waals surface area contributed by atoms with Crippen molar-refractivity contribution in [2.24, 2.45) is 0 Å². The summed E-state index contributed by atoms with van der Waals surface area (Å²) in [6, 6.07) is 8.16. The molecule has 1 unspecified atom stereocenters. The molecule has 1 N–H and O–H groups in total. The van der Waals surface area contributed by atoms with Gasteiger partial charge in [0.1, 0.15) is 5.69 Å². The molecule has 0 aliphatic carbocycles. The van der Waals surface area contributed by atoms with Crippen LogP contribution in [0.3, 0.4) is 0 Å². The third-order valence-corrected chi connectivity index (χ3v) is 3.33. The number of aryl methyl sites for hydroxylation is 1. The fourth-order valence-corrected chi connectivity index (χ4v) is 2.29. The lowest BCUT2D eigenvalue weighted by atomic mass is 10.2. The Labute approximate surface area is 116 Å². The van der Waals surface area contributed by atoms with Crippen LogP contribution in [-0.4, -0.2) is 29.9 Å². The van der Waals surface area contributed by atoms with Crippen LogP contribution in [-0.2, 0) is 13.1 Å². The predicted molar refractivity (Wildman–Crippen MR) is 75.2 cm³/mol. The van der Waals surface area contributed by atoms with Gasteiger partial charge in [0.2, 0.25) is 0 Å². The van der Waals surface area contributed by atoms with Crippen LogP contribution in [0.5, 0.6) is 0 Å². The Morgan fingerprint density at radius 2 is 2.10 bits per heavy atom. The average Bonchev–Trinajstić information content (AvgIpc) is 3.05. The van der Waals surface area contributed by atoms with Crippen molar-refractivity contribution in [2.75, 3.05) is 0 Å². The lowest BCUT2D eigenvalue weighted by Crippen LogP contribution is -2.03. The van der Waals surface area contributed by atoms with E-state index in [0.29, 0.717) is 12.2 Å². The average molecular weight is 271 g/mol. The Balaban J connectivity index is 1.97. The highest BCUT2D eigenvalue weighted by atomic mass is 16.3. The molecule has 104 valence electrons. The number of nitrogens with zero attached hydrogens (tertiary/aromatic N) is 5. The van der Waals surface area contributed by atoms with E-state index >= 15 is 0 Å². The molecule has 3 aromatic rings. The molecular weight excluding hydrogens is 254 g/mol. The molecule has 0 aliphatic rings. The normalized spacial score (nSPS) is 12.9. The Morgan fingerprint density at radius 1 is 1.30 bits per heavy atom. The van der Waals surface area contributed by atoms with Crippen LogP contribution >= 0.6 is 0 Å². The summed E-state index contributed by atoms with van der Waals surface area (Å²) in [6.07, 6.45) is 1.15. The lowest BCUT2D eigenvalue weighted by Gasteiger charge is -1.98. The van der Waals surface area contributed by atoms with Crippen molar-refractivity contribution in [1.82, 2.24) is 24.8 Å². The summed E-state index contributed by atoms with van der Waals surface area (Å²) in [5.74, 6) is 0. The Hall–Kier alpha value is -2.21. The van der Waals surface area contributed by atoms with Gasteiger partial charge in [-0.3, -0.25) is 4.68 Å². The zero-order chi connectivity index (χ0) is 14.1. The Morgan fingerprint density at radius 3 is 2.80 bits per heavy atom. The number of rotatable bonds is 4. The maximum absolute atomic E-state index is 9.48. The first-order valence-electron chi connectivity index (χ1n) is 6.71. The highest BCUT2D eigenvalue weighted by Gasteiger charge is 2.12. The molecule has 0 amide bonds. The van der Waals surface area contributed by atoms with Crippen molar-refractivity contribution in [1.29, 1.82) is 0 Å². The summed E-state index contributed by atoms with van der Waals surface area (Å²) in [5.41, 5.74) is 2.66. The van der Waals surface area contributed by atoms with E-state index in [1.807, 2.05) is 16.8 Å². The highest BCUT2D eigenvalue weighted by molar-refractivity contribution is 5.81. The first kappa shape index (κ1) is 12.8. The second-order valence-electron chi connectivity index (χ2n) is 4.80. The number of para-hydroxylation sites is 1. The van der Waals surface area contributed by atoms with Gasteiger partial charge in [0.15, 0.2) is 0 Å². The highest BCUT2D eigenvalue weighted by Crippen LogP contribution is 2.19. The van der Waals surface area contributed by atoms with Crippen LogP contribution < -0.4 is 0 Å². The second-order valence-corrected chi connectivity index (χ2v) is 4.80. The van der Waals surface area contributed by atoms with Crippen molar-refractivity contribution in [3.63, 3.8) is 0 Å². The van der Waals surface area contributed by atoms with Crippen LogP contribution in [0.4, 0.5) is 0 Å². The number of fused-ring (bicyclic) bond motifs is 1. The van der Waals surface area contributed by atoms with Gasteiger partial charge in [-0.15, -0.1) is 5.10 Å². The lowest BCUT2D eigenvalue weighted by molar-refractivity contribution is 0.194. The molecule has 1 aromatic carbocycles. The third-order valence-electron chi connectivity index (χ3n) is 3.33. The van der Waals surface area contributed by atoms with Gasteiger partial charge < -0.3 is 5.11 Å². The molecule has 0 spiro atoms. The largest absolute Gasteiger partial charge is 0.387 e. The van der Waals surface area contributed by atoms with E-state index in [-0.39, 0.29) is 0 Å². The number of aliphatic hydroxyl groups is 1. The summed E-state index contributed by atoms with van der Waals surface area (Å²) in [4.78, 5) is 0. The maximum atomic E-state index is 9.48. The monoisotopic (exact) mass is 271 g/mol. The van der Waals surface area contributed by atoms with Crippen LogP contribution in [0.1, 0.15) is 31.3 Å². The summed E-state index contributed by atoms with van der Waals surface area (Å²) >= 11 is 0. The smallest absolute Gasteiger partial charge is 0.111 e. The molecule has 2 heterocycles. The van der Waals surface area contributed by atoms with Gasteiger partial charge in [-0.05, 0) is 19.9 Å². The number of aliphatic hydroxyl groups excluding tert-OH is 1. The first-order valence-corrected chi connectivity index (χ1v) is 6.71. The van der Waals surface area contributed by atoms with E-state index in [4.69, 9.17) is 0 Å². The van der Waals surface area contributed by atoms with Crippen molar-refractivity contribution < 1.29 is 5.11 Å². The molecule has 0 aliphatic heterocycles. The fourth-order valence-electron chi connectivity index (χ4n) is 2.29. The van der Waals surface area contributed by atoms with E-state index in [9.17, 15) is 5.11 Å². The molecule has 0 fully saturated rings. The molecule has 0 saturated heterocycles. The topological polar surface area (TPSA) is 68.8 Å². The molecule has 6 nitrogen and oxygen atoms in total. The van der Waals surface area contributed by atoms with Gasteiger partial charge in [-0.1, -0.05) is 23.4 Å². The van der Waals surface area contributed by atoms with Gasteiger partial charge in [0.25, 0.3) is 0 Å². The zero-order valence-corrected chi connectivity index (χ0v) is 11.6. The van der Waals surface area contributed by atoms with E-state index in [1.165, 1.54) is 0 Å². The van der Waals surface area contributed by atoms with Gasteiger partial charge in [0, 0.05) is 11.9 Å². The summed E-state index contributed by atoms with van der Waals surface area (Å²) in [7, 11) is 0. The summed E-state index contributed by atoms with van der Waals surface area (Å²) in [6.45, 7) is 5.13. The van der Waals surface area contributed by atoms with Crippen LogP contribution in [0.15, 0.2) is 30.5 Å². The van der Waals surface area contributed by atoms with Crippen LogP contribution in [0, 0.1) is 0 Å². The molecule has 3 rings (SSSR count). The van der Waals surface area contributed by atoms with E-state index < -0.39 is 6.10 Å². The van der Waals surface area contributed by atoms with Gasteiger partial charge in [0.05, 0.1) is 30.1 Å². The number of benzene rings is 1. The van der Waals surface area contributed by atoms with E-state index in [2.05, 4.69) is 34.5 Å². The summed E-state index contributed by atoms with van der Waals surface area (Å²) < 4.78 is 3.69. The number of hydrogen-bond donors (Lipinski definition) is 1. The molecule has 20 heavy (non-hydrogen) atoms. The SMILES string of the molecule is CCn1nc(Cn2cc(C(C)O)nn2)c2ccccc21. The maximum Gasteiger partial charge on any atom is 0.111 e. The van der Waals surface area contributed by atoms with Crippen molar-refractivity contribution >= 4 is 10.9 Å². The number of aromatic nitrogens is 5. The third kappa shape index (κ3) is 2.18.